The van der Waals surface area contributed by atoms with Crippen molar-refractivity contribution in [3.8, 4) is 0 Å². The molecule has 8 heteroatoms. The highest BCUT2D eigenvalue weighted by atomic mass is 16.2. The van der Waals surface area contributed by atoms with Crippen molar-refractivity contribution in [3.63, 3.8) is 0 Å². The van der Waals surface area contributed by atoms with Gasteiger partial charge in [0.2, 0.25) is 17.8 Å². The number of carbonyl (C=O) groups excluding carboxylic acids is 2. The summed E-state index contributed by atoms with van der Waals surface area (Å²) in [5.41, 5.74) is 3.33. The van der Waals surface area contributed by atoms with E-state index in [9.17, 15) is 9.59 Å². The van der Waals surface area contributed by atoms with Crippen molar-refractivity contribution in [2.45, 2.75) is 26.4 Å². The summed E-state index contributed by atoms with van der Waals surface area (Å²) in [4.78, 5) is 37.5. The molecule has 2 aromatic rings. The van der Waals surface area contributed by atoms with Crippen LogP contribution in [0.2, 0.25) is 0 Å². The van der Waals surface area contributed by atoms with Crippen LogP contribution < -0.4 is 10.6 Å². The van der Waals surface area contributed by atoms with Gasteiger partial charge in [0.1, 0.15) is 0 Å². The minimum atomic E-state index is -0.205. The molecule has 3 heterocycles. The quantitative estimate of drug-likeness (QED) is 0.822. The second-order valence-electron chi connectivity index (χ2n) is 5.84. The Bertz CT molecular complexity index is 765. The van der Waals surface area contributed by atoms with Crippen LogP contribution >= 0.6 is 0 Å². The third-order valence-corrected chi connectivity index (χ3v) is 4.07. The molecule has 0 spiro atoms. The summed E-state index contributed by atoms with van der Waals surface area (Å²) in [6.07, 6.45) is 7.77. The average molecular weight is 340 g/mol. The van der Waals surface area contributed by atoms with Crippen LogP contribution in [0, 0.1) is 0 Å². The normalized spacial score (nSPS) is 13.1. The fourth-order valence-electron chi connectivity index (χ4n) is 2.81. The van der Waals surface area contributed by atoms with Gasteiger partial charge in [0.15, 0.2) is 0 Å². The van der Waals surface area contributed by atoms with E-state index >= 15 is 0 Å². The Kier molecular flexibility index (Phi) is 5.17. The Labute approximate surface area is 145 Å². The highest BCUT2D eigenvalue weighted by Gasteiger charge is 2.22. The van der Waals surface area contributed by atoms with Gasteiger partial charge in [0, 0.05) is 51.3 Å². The first-order chi connectivity index (χ1) is 12.1. The van der Waals surface area contributed by atoms with Crippen LogP contribution in [0.25, 0.3) is 0 Å². The van der Waals surface area contributed by atoms with E-state index in [4.69, 9.17) is 0 Å². The van der Waals surface area contributed by atoms with E-state index in [-0.39, 0.29) is 18.4 Å². The summed E-state index contributed by atoms with van der Waals surface area (Å²) < 4.78 is 0. The molecule has 0 atom stereocenters. The van der Waals surface area contributed by atoms with Crippen molar-refractivity contribution in [2.24, 2.45) is 0 Å². The molecule has 1 aliphatic rings. The van der Waals surface area contributed by atoms with Crippen LogP contribution in [0.1, 0.15) is 23.6 Å². The molecule has 2 aromatic heterocycles. The van der Waals surface area contributed by atoms with Gasteiger partial charge < -0.3 is 15.5 Å². The first kappa shape index (κ1) is 16.8. The SMILES string of the molecule is CC(=O)NCC(=O)N1CCc2c(CNc3ncccn3)cncc2C1. The van der Waals surface area contributed by atoms with E-state index in [1.807, 2.05) is 6.20 Å². The molecule has 25 heavy (non-hydrogen) atoms. The average Bonchev–Trinajstić information content (AvgIpc) is 2.64. The lowest BCUT2D eigenvalue weighted by atomic mass is 9.97. The molecular formula is C17H20N6O2. The lowest BCUT2D eigenvalue weighted by Crippen LogP contribution is -2.42. The topological polar surface area (TPSA) is 100 Å². The van der Waals surface area contributed by atoms with E-state index in [0.29, 0.717) is 25.6 Å². The summed E-state index contributed by atoms with van der Waals surface area (Å²) in [5.74, 6) is 0.286. The molecular weight excluding hydrogens is 320 g/mol. The number of fused-ring (bicyclic) bond motifs is 1. The Morgan fingerprint density at radius 1 is 1.24 bits per heavy atom. The summed E-state index contributed by atoms with van der Waals surface area (Å²) in [6, 6.07) is 1.77. The number of pyridine rings is 1. The number of anilines is 1. The van der Waals surface area contributed by atoms with Gasteiger partial charge in [0.05, 0.1) is 6.54 Å². The second-order valence-corrected chi connectivity index (χ2v) is 5.84. The van der Waals surface area contributed by atoms with Gasteiger partial charge in [-0.2, -0.15) is 0 Å². The molecule has 0 aliphatic carbocycles. The second kappa shape index (κ2) is 7.69. The Morgan fingerprint density at radius 2 is 2.04 bits per heavy atom. The highest BCUT2D eigenvalue weighted by Crippen LogP contribution is 2.22. The van der Waals surface area contributed by atoms with Crippen molar-refractivity contribution in [1.82, 2.24) is 25.2 Å². The van der Waals surface area contributed by atoms with Gasteiger partial charge in [-0.3, -0.25) is 14.6 Å². The molecule has 0 saturated heterocycles. The van der Waals surface area contributed by atoms with E-state index in [0.717, 1.165) is 17.5 Å². The van der Waals surface area contributed by atoms with E-state index < -0.39 is 0 Å². The number of nitrogens with one attached hydrogen (secondary N) is 2. The molecule has 130 valence electrons. The standard InChI is InChI=1S/C17H20N6O2/c1-12(24)21-10-16(25)23-6-3-15-13(7-18-8-14(15)11-23)9-22-17-19-4-2-5-20-17/h2,4-5,7-8H,3,6,9-11H2,1H3,(H,21,24)(H,19,20,22). The lowest BCUT2D eigenvalue weighted by molar-refractivity contribution is -0.133. The molecule has 2 N–H and O–H groups in total. The number of carbonyl (C=O) groups is 2. The molecule has 0 saturated carbocycles. The van der Waals surface area contributed by atoms with E-state index in [1.54, 1.807) is 29.6 Å². The molecule has 8 nitrogen and oxygen atoms in total. The molecule has 2 amide bonds. The van der Waals surface area contributed by atoms with Crippen LogP contribution in [0.15, 0.2) is 30.9 Å². The van der Waals surface area contributed by atoms with Gasteiger partial charge in [-0.1, -0.05) is 0 Å². The van der Waals surface area contributed by atoms with Crippen molar-refractivity contribution >= 4 is 17.8 Å². The number of hydrogen-bond donors (Lipinski definition) is 2. The smallest absolute Gasteiger partial charge is 0.242 e. The largest absolute Gasteiger partial charge is 0.350 e. The monoisotopic (exact) mass is 340 g/mol. The molecule has 3 rings (SSSR count). The Balaban J connectivity index is 1.66. The van der Waals surface area contributed by atoms with Crippen LogP contribution in [0.5, 0.6) is 0 Å². The maximum atomic E-state index is 12.2. The number of aromatic nitrogens is 3. The summed E-state index contributed by atoms with van der Waals surface area (Å²) >= 11 is 0. The predicted molar refractivity (Wildman–Crippen MR) is 91.4 cm³/mol. The summed E-state index contributed by atoms with van der Waals surface area (Å²) in [5, 5.41) is 5.73. The minimum Gasteiger partial charge on any atom is -0.350 e. The van der Waals surface area contributed by atoms with Crippen LogP contribution in [0.3, 0.4) is 0 Å². The third kappa shape index (κ3) is 4.28. The molecule has 0 radical (unpaired) electrons. The zero-order chi connectivity index (χ0) is 17.6. The van der Waals surface area contributed by atoms with Gasteiger partial charge in [-0.05, 0) is 29.2 Å². The van der Waals surface area contributed by atoms with Crippen LogP contribution in [0.4, 0.5) is 5.95 Å². The van der Waals surface area contributed by atoms with Crippen LogP contribution in [-0.4, -0.2) is 44.8 Å². The highest BCUT2D eigenvalue weighted by molar-refractivity contribution is 5.83. The third-order valence-electron chi connectivity index (χ3n) is 4.07. The first-order valence-electron chi connectivity index (χ1n) is 8.11. The zero-order valence-corrected chi connectivity index (χ0v) is 14.0. The minimum absolute atomic E-state index is 0.0324. The Hall–Kier alpha value is -3.03. The van der Waals surface area contributed by atoms with Crippen molar-refractivity contribution in [3.05, 3.63) is 47.5 Å². The van der Waals surface area contributed by atoms with Gasteiger partial charge in [-0.25, -0.2) is 9.97 Å². The first-order valence-corrected chi connectivity index (χ1v) is 8.11. The number of rotatable bonds is 5. The fraction of sp³-hybridized carbons (Fsp3) is 0.353. The molecule has 0 unspecified atom stereocenters. The number of amides is 2. The lowest BCUT2D eigenvalue weighted by Gasteiger charge is -2.30. The maximum Gasteiger partial charge on any atom is 0.242 e. The summed E-state index contributed by atoms with van der Waals surface area (Å²) in [6.45, 7) is 3.16. The Morgan fingerprint density at radius 3 is 2.80 bits per heavy atom. The molecule has 0 aromatic carbocycles. The van der Waals surface area contributed by atoms with Crippen LogP contribution in [-0.2, 0) is 29.1 Å². The zero-order valence-electron chi connectivity index (χ0n) is 14.0. The fourth-order valence-corrected chi connectivity index (χ4v) is 2.81. The van der Waals surface area contributed by atoms with E-state index in [1.165, 1.54) is 12.5 Å². The maximum absolute atomic E-state index is 12.2. The number of nitrogens with zero attached hydrogens (tertiary/aromatic N) is 4. The van der Waals surface area contributed by atoms with Gasteiger partial charge in [-0.15, -0.1) is 0 Å². The van der Waals surface area contributed by atoms with Crippen molar-refractivity contribution in [1.29, 1.82) is 0 Å². The number of hydrogen-bond acceptors (Lipinski definition) is 6. The predicted octanol–water partition coefficient (Wildman–Crippen LogP) is 0.504. The molecule has 1 aliphatic heterocycles. The summed E-state index contributed by atoms with van der Waals surface area (Å²) in [7, 11) is 0. The van der Waals surface area contributed by atoms with Crippen molar-refractivity contribution < 1.29 is 9.59 Å². The van der Waals surface area contributed by atoms with Gasteiger partial charge in [0.25, 0.3) is 0 Å². The molecule has 0 bridgehead atoms. The van der Waals surface area contributed by atoms with Crippen molar-refractivity contribution in [2.75, 3.05) is 18.4 Å². The van der Waals surface area contributed by atoms with Gasteiger partial charge >= 0.3 is 0 Å². The molecule has 0 fully saturated rings. The van der Waals surface area contributed by atoms with E-state index in [2.05, 4.69) is 25.6 Å².